The number of rotatable bonds is 6. The van der Waals surface area contributed by atoms with Crippen LogP contribution in [-0.4, -0.2) is 33.0 Å². The van der Waals surface area contributed by atoms with E-state index in [1.165, 1.54) is 14.5 Å². The summed E-state index contributed by atoms with van der Waals surface area (Å²) in [6, 6.07) is 27.9. The Morgan fingerprint density at radius 2 is 1.68 bits per heavy atom. The number of pyridine rings is 1. The SMILES string of the molecule is COc1ccc([Se]c2ccc(C)cc2-c2ccccc2NC(=O)c2ccccn2)cc1. The van der Waals surface area contributed by atoms with Crippen LogP contribution < -0.4 is 19.0 Å². The molecule has 3 aromatic carbocycles. The van der Waals surface area contributed by atoms with Crippen molar-refractivity contribution >= 4 is 35.5 Å². The first-order valence-electron chi connectivity index (χ1n) is 9.88. The van der Waals surface area contributed by atoms with E-state index in [2.05, 4.69) is 53.6 Å². The maximum atomic E-state index is 12.7. The van der Waals surface area contributed by atoms with E-state index < -0.39 is 0 Å². The van der Waals surface area contributed by atoms with Crippen molar-refractivity contribution < 1.29 is 9.53 Å². The Morgan fingerprint density at radius 3 is 2.42 bits per heavy atom. The quantitative estimate of drug-likeness (QED) is 0.431. The number of aromatic nitrogens is 1. The van der Waals surface area contributed by atoms with Gasteiger partial charge in [0.2, 0.25) is 0 Å². The van der Waals surface area contributed by atoms with Gasteiger partial charge in [0.05, 0.1) is 0 Å². The number of aryl methyl sites for hydroxylation is 1. The standard InChI is InChI=1S/C26H22N2O2Se/c1-18-10-15-25(31-20-13-11-19(30-2)12-14-20)22(17-18)21-7-3-4-8-23(21)28-26(29)24-9-5-6-16-27-24/h3-17H,1-2H3,(H,28,29). The number of nitrogens with zero attached hydrogens (tertiary/aromatic N) is 1. The van der Waals surface area contributed by atoms with Gasteiger partial charge >= 0.3 is 189 Å². The summed E-state index contributed by atoms with van der Waals surface area (Å²) in [6.45, 7) is 2.09. The van der Waals surface area contributed by atoms with Gasteiger partial charge in [-0.15, -0.1) is 0 Å². The molecule has 1 aromatic heterocycles. The molecule has 1 amide bonds. The van der Waals surface area contributed by atoms with Crippen LogP contribution in [0.4, 0.5) is 5.69 Å². The Hall–Kier alpha value is -3.40. The summed E-state index contributed by atoms with van der Waals surface area (Å²) in [4.78, 5) is 16.9. The van der Waals surface area contributed by atoms with E-state index in [0.29, 0.717) is 5.69 Å². The number of hydrogen-bond acceptors (Lipinski definition) is 3. The molecular weight excluding hydrogens is 451 g/mol. The molecule has 0 saturated carbocycles. The second-order valence-corrected chi connectivity index (χ2v) is 9.33. The van der Waals surface area contributed by atoms with Gasteiger partial charge in [-0.3, -0.25) is 0 Å². The molecule has 1 N–H and O–H groups in total. The second-order valence-electron chi connectivity index (χ2n) is 6.99. The van der Waals surface area contributed by atoms with Gasteiger partial charge < -0.3 is 0 Å². The zero-order chi connectivity index (χ0) is 21.6. The first kappa shape index (κ1) is 20.9. The fourth-order valence-electron chi connectivity index (χ4n) is 3.22. The van der Waals surface area contributed by atoms with Gasteiger partial charge in [-0.25, -0.2) is 0 Å². The molecule has 0 fully saturated rings. The van der Waals surface area contributed by atoms with Crippen LogP contribution in [0, 0.1) is 6.92 Å². The molecule has 0 saturated heterocycles. The maximum absolute atomic E-state index is 12.7. The number of ether oxygens (including phenoxy) is 1. The van der Waals surface area contributed by atoms with E-state index in [-0.39, 0.29) is 20.9 Å². The van der Waals surface area contributed by atoms with Crippen molar-refractivity contribution in [2.24, 2.45) is 0 Å². The average molecular weight is 473 g/mol. The van der Waals surface area contributed by atoms with Crippen molar-refractivity contribution in [2.45, 2.75) is 6.92 Å². The molecule has 4 rings (SSSR count). The van der Waals surface area contributed by atoms with Crippen molar-refractivity contribution in [1.29, 1.82) is 0 Å². The Labute approximate surface area is 188 Å². The minimum atomic E-state index is -0.220. The number of anilines is 1. The molecule has 0 atom stereocenters. The number of para-hydroxylation sites is 1. The number of carbonyl (C=O) groups is 1. The molecule has 0 radical (unpaired) electrons. The van der Waals surface area contributed by atoms with Crippen LogP contribution in [0.2, 0.25) is 0 Å². The molecule has 0 aliphatic carbocycles. The summed E-state index contributed by atoms with van der Waals surface area (Å²) in [7, 11) is 1.68. The van der Waals surface area contributed by atoms with E-state index in [9.17, 15) is 4.79 Å². The number of methoxy groups -OCH3 is 1. The summed E-state index contributed by atoms with van der Waals surface area (Å²) >= 11 is 0.105. The fraction of sp³-hybridized carbons (Fsp3) is 0.0769. The van der Waals surface area contributed by atoms with Crippen molar-refractivity contribution in [3.05, 3.63) is 102 Å². The third-order valence-electron chi connectivity index (χ3n) is 4.79. The molecule has 0 aliphatic rings. The molecule has 1 heterocycles. The van der Waals surface area contributed by atoms with Crippen molar-refractivity contribution in [3.63, 3.8) is 0 Å². The molecule has 0 bridgehead atoms. The number of hydrogen-bond donors (Lipinski definition) is 1. The van der Waals surface area contributed by atoms with E-state index >= 15 is 0 Å². The predicted octanol–water partition coefficient (Wildman–Crippen LogP) is 3.97. The summed E-state index contributed by atoms with van der Waals surface area (Å²) < 4.78 is 7.79. The minimum absolute atomic E-state index is 0.105. The van der Waals surface area contributed by atoms with Gasteiger partial charge in [0.1, 0.15) is 0 Å². The van der Waals surface area contributed by atoms with Crippen LogP contribution in [0.1, 0.15) is 16.1 Å². The van der Waals surface area contributed by atoms with E-state index in [4.69, 9.17) is 4.74 Å². The van der Waals surface area contributed by atoms with Gasteiger partial charge in [-0.1, -0.05) is 0 Å². The molecule has 5 heteroatoms. The molecule has 0 aliphatic heterocycles. The number of nitrogens with one attached hydrogen (secondary N) is 1. The molecular formula is C26H22N2O2Se. The van der Waals surface area contributed by atoms with E-state index in [1.54, 1.807) is 25.4 Å². The van der Waals surface area contributed by atoms with Gasteiger partial charge in [-0.2, -0.15) is 0 Å². The topological polar surface area (TPSA) is 51.2 Å². The molecule has 4 nitrogen and oxygen atoms in total. The number of carbonyl (C=O) groups excluding carboxylic acids is 1. The number of amides is 1. The van der Waals surface area contributed by atoms with Crippen molar-refractivity contribution in [1.82, 2.24) is 4.98 Å². The Balaban J connectivity index is 1.69. The Bertz CT molecular complexity index is 1190. The molecule has 31 heavy (non-hydrogen) atoms. The van der Waals surface area contributed by atoms with Crippen LogP contribution in [0.3, 0.4) is 0 Å². The normalized spacial score (nSPS) is 10.5. The van der Waals surface area contributed by atoms with Crippen LogP contribution in [0.25, 0.3) is 11.1 Å². The van der Waals surface area contributed by atoms with Crippen LogP contribution >= 0.6 is 0 Å². The van der Waals surface area contributed by atoms with Crippen LogP contribution in [0.15, 0.2) is 91.1 Å². The van der Waals surface area contributed by atoms with E-state index in [1.807, 2.05) is 36.4 Å². The number of benzene rings is 3. The molecule has 154 valence electrons. The van der Waals surface area contributed by atoms with Gasteiger partial charge in [0.15, 0.2) is 0 Å². The zero-order valence-corrected chi connectivity index (χ0v) is 19.0. The molecule has 0 spiro atoms. The summed E-state index contributed by atoms with van der Waals surface area (Å²) in [5, 5.41) is 3.04. The van der Waals surface area contributed by atoms with Crippen molar-refractivity contribution in [3.8, 4) is 16.9 Å². The van der Waals surface area contributed by atoms with Crippen molar-refractivity contribution in [2.75, 3.05) is 12.4 Å². The fourth-order valence-corrected chi connectivity index (χ4v) is 5.20. The van der Waals surface area contributed by atoms with Gasteiger partial charge in [0.25, 0.3) is 0 Å². The van der Waals surface area contributed by atoms with Crippen LogP contribution in [-0.2, 0) is 0 Å². The third kappa shape index (κ3) is 5.02. The first-order chi connectivity index (χ1) is 15.1. The van der Waals surface area contributed by atoms with E-state index in [0.717, 1.165) is 22.6 Å². The predicted molar refractivity (Wildman–Crippen MR) is 127 cm³/mol. The summed E-state index contributed by atoms with van der Waals surface area (Å²) in [5.74, 6) is 0.633. The molecule has 0 unspecified atom stereocenters. The monoisotopic (exact) mass is 474 g/mol. The van der Waals surface area contributed by atoms with Gasteiger partial charge in [0, 0.05) is 0 Å². The average Bonchev–Trinajstić information content (AvgIpc) is 2.81. The Kier molecular flexibility index (Phi) is 6.46. The molecule has 4 aromatic rings. The second kappa shape index (κ2) is 9.61. The zero-order valence-electron chi connectivity index (χ0n) is 17.3. The third-order valence-corrected chi connectivity index (χ3v) is 7.06. The summed E-state index contributed by atoms with van der Waals surface area (Å²) in [6.07, 6.45) is 1.62. The first-order valence-corrected chi connectivity index (χ1v) is 11.6. The van der Waals surface area contributed by atoms with Crippen LogP contribution in [0.5, 0.6) is 5.75 Å². The Morgan fingerprint density at radius 1 is 0.903 bits per heavy atom. The van der Waals surface area contributed by atoms with Gasteiger partial charge in [-0.05, 0) is 0 Å². The summed E-state index contributed by atoms with van der Waals surface area (Å²) in [5.41, 5.74) is 4.48.